The summed E-state index contributed by atoms with van der Waals surface area (Å²) in [5, 5.41) is 3.12. The summed E-state index contributed by atoms with van der Waals surface area (Å²) in [6, 6.07) is 13.3. The van der Waals surface area contributed by atoms with Gasteiger partial charge in [-0.3, -0.25) is 4.79 Å². The molecule has 2 atom stereocenters. The summed E-state index contributed by atoms with van der Waals surface area (Å²) in [5.74, 6) is 4.50. The number of hydrogen-bond acceptors (Lipinski definition) is 10. The molecule has 0 bridgehead atoms. The number of halogens is 1. The smallest absolute Gasteiger partial charge is 0.222 e. The predicted octanol–water partition coefficient (Wildman–Crippen LogP) is 7.76. The van der Waals surface area contributed by atoms with E-state index in [1.807, 2.05) is 56.3 Å². The van der Waals surface area contributed by atoms with E-state index in [9.17, 15) is 4.79 Å². The number of carbonyl (C=O) groups is 1. The molecule has 2 aromatic carbocycles. The molecule has 1 amide bonds. The molecule has 0 spiro atoms. The van der Waals surface area contributed by atoms with E-state index < -0.39 is 5.54 Å². The maximum absolute atomic E-state index is 11.3. The lowest BCUT2D eigenvalue weighted by Crippen LogP contribution is -2.43. The van der Waals surface area contributed by atoms with Crippen LogP contribution >= 0.6 is 11.6 Å². The van der Waals surface area contributed by atoms with Crippen LogP contribution in [0.1, 0.15) is 72.4 Å². The minimum absolute atomic E-state index is 0.173. The van der Waals surface area contributed by atoms with Crippen LogP contribution in [0, 0.1) is 11.8 Å². The van der Waals surface area contributed by atoms with Crippen molar-refractivity contribution in [1.82, 2.24) is 9.97 Å². The van der Waals surface area contributed by atoms with Gasteiger partial charge in [0.05, 0.1) is 0 Å². The number of nitrogens with zero attached hydrogens (tertiary/aromatic N) is 2. The number of nitrogens with one attached hydrogen (secondary N) is 1. The predicted molar refractivity (Wildman–Crippen MR) is 207 cm³/mol. The third kappa shape index (κ3) is 9.84. The third-order valence-corrected chi connectivity index (χ3v) is 8.88. The van der Waals surface area contributed by atoms with E-state index in [4.69, 9.17) is 47.7 Å². The van der Waals surface area contributed by atoms with Crippen molar-refractivity contribution in [2.75, 3.05) is 24.3 Å². The molecule has 4 aromatic rings. The molecule has 0 fully saturated rings. The quantitative estimate of drug-likeness (QED) is 0.120. The Morgan fingerprint density at radius 2 is 1.44 bits per heavy atom. The van der Waals surface area contributed by atoms with Gasteiger partial charge < -0.3 is 41.5 Å². The van der Waals surface area contributed by atoms with Crippen LogP contribution < -0.4 is 41.5 Å². The normalized spacial score (nSPS) is 14.8. The molecule has 0 saturated heterocycles. The number of aromatic nitrogens is 2. The van der Waals surface area contributed by atoms with Crippen LogP contribution in [0.5, 0.6) is 23.0 Å². The van der Waals surface area contributed by atoms with Crippen LogP contribution in [0.3, 0.4) is 0 Å². The number of nitrogens with two attached hydrogens (primary N) is 3. The number of benzene rings is 2. The first-order chi connectivity index (χ1) is 24.5. The monoisotopic (exact) mass is 730 g/mol. The topological polar surface area (TPSA) is 170 Å². The lowest BCUT2D eigenvalue weighted by Gasteiger charge is -2.28. The van der Waals surface area contributed by atoms with Gasteiger partial charge in [-0.2, -0.15) is 0 Å². The highest BCUT2D eigenvalue weighted by molar-refractivity contribution is 6.34. The van der Waals surface area contributed by atoms with E-state index in [1.54, 1.807) is 12.4 Å². The van der Waals surface area contributed by atoms with Gasteiger partial charge >= 0.3 is 0 Å². The van der Waals surface area contributed by atoms with Gasteiger partial charge in [-0.05, 0) is 86.1 Å². The summed E-state index contributed by atoms with van der Waals surface area (Å²) in [6.45, 7) is 15.7. The summed E-state index contributed by atoms with van der Waals surface area (Å²) >= 11 is 6.58. The highest BCUT2D eigenvalue weighted by Gasteiger charge is 2.26. The van der Waals surface area contributed by atoms with Crippen molar-refractivity contribution in [2.24, 2.45) is 23.3 Å². The number of ether oxygens (including phenoxy) is 4. The molecular weight excluding hydrogens is 680 g/mol. The second-order valence-electron chi connectivity index (χ2n) is 15.2. The van der Waals surface area contributed by atoms with Gasteiger partial charge in [-0.15, -0.1) is 0 Å². The summed E-state index contributed by atoms with van der Waals surface area (Å²) < 4.78 is 23.5. The van der Waals surface area contributed by atoms with Gasteiger partial charge in [0.25, 0.3) is 0 Å². The number of amides is 1. The van der Waals surface area contributed by atoms with E-state index >= 15 is 0 Å². The molecule has 2 aromatic heterocycles. The maximum Gasteiger partial charge on any atom is 0.222 e. The first-order valence-electron chi connectivity index (χ1n) is 17.6. The molecule has 0 aliphatic carbocycles. The molecule has 0 unspecified atom stereocenters. The van der Waals surface area contributed by atoms with Crippen molar-refractivity contribution in [2.45, 2.75) is 85.6 Å². The number of pyridine rings is 2. The van der Waals surface area contributed by atoms with E-state index in [0.29, 0.717) is 66.4 Å². The highest BCUT2D eigenvalue weighted by Crippen LogP contribution is 2.46. The summed E-state index contributed by atoms with van der Waals surface area (Å²) in [4.78, 5) is 19.7. The Bertz CT molecular complexity index is 1910. The largest absolute Gasteiger partial charge is 0.492 e. The second kappa shape index (κ2) is 16.0. The first kappa shape index (κ1) is 38.6. The molecule has 0 radical (unpaired) electrons. The van der Waals surface area contributed by atoms with Crippen molar-refractivity contribution in [3.63, 3.8) is 0 Å². The lowest BCUT2D eigenvalue weighted by atomic mass is 9.93. The van der Waals surface area contributed by atoms with Gasteiger partial charge in [0.15, 0.2) is 0 Å². The Hall–Kier alpha value is -4.58. The molecule has 278 valence electrons. The second-order valence-corrected chi connectivity index (χ2v) is 15.6. The van der Waals surface area contributed by atoms with Crippen molar-refractivity contribution in [3.05, 3.63) is 71.0 Å². The minimum Gasteiger partial charge on any atom is -0.492 e. The van der Waals surface area contributed by atoms with E-state index in [1.165, 1.54) is 6.92 Å². The average molecular weight is 731 g/mol. The van der Waals surface area contributed by atoms with Crippen LogP contribution in [0.4, 0.5) is 11.6 Å². The molecule has 12 heteroatoms. The Morgan fingerprint density at radius 3 is 2.10 bits per heavy atom. The van der Waals surface area contributed by atoms with Gasteiger partial charge in [0.2, 0.25) is 5.91 Å². The SMILES string of the molecule is CC(=O)Nc1cc2c(cn1)COc1c-2ccc(OC[C@@](C)(N)CC(C)C)c1Cl.CC(C)C[C@](C)(N)COc1ccc2c(c1)OCc1cnc(N)cc1-2. The van der Waals surface area contributed by atoms with E-state index in [2.05, 4.69) is 43.0 Å². The molecule has 2 aliphatic heterocycles. The van der Waals surface area contributed by atoms with Gasteiger partial charge in [0, 0.05) is 58.7 Å². The van der Waals surface area contributed by atoms with Crippen LogP contribution in [0.15, 0.2) is 54.9 Å². The molecule has 11 nitrogen and oxygen atoms in total. The first-order valence-corrected chi connectivity index (χ1v) is 17.9. The fraction of sp³-hybridized carbons (Fsp3) is 0.425. The van der Waals surface area contributed by atoms with Crippen LogP contribution in [-0.4, -0.2) is 40.2 Å². The summed E-state index contributed by atoms with van der Waals surface area (Å²) in [7, 11) is 0. The highest BCUT2D eigenvalue weighted by atomic mass is 35.5. The third-order valence-electron chi connectivity index (χ3n) is 8.52. The Labute approximate surface area is 311 Å². The van der Waals surface area contributed by atoms with Gasteiger partial charge in [0.1, 0.15) is 66.1 Å². The van der Waals surface area contributed by atoms with Crippen molar-refractivity contribution < 1.29 is 23.7 Å². The molecule has 2 aliphatic rings. The zero-order chi connectivity index (χ0) is 37.8. The minimum atomic E-state index is -0.445. The number of carbonyl (C=O) groups excluding carboxylic acids is 1. The molecule has 7 N–H and O–H groups in total. The summed E-state index contributed by atoms with van der Waals surface area (Å²) in [6.07, 6.45) is 5.23. The molecule has 0 saturated carbocycles. The van der Waals surface area contributed by atoms with Crippen LogP contribution in [0.2, 0.25) is 5.02 Å². The number of hydrogen-bond donors (Lipinski definition) is 4. The summed E-state index contributed by atoms with van der Waals surface area (Å²) in [5.41, 5.74) is 23.5. The number of rotatable bonds is 11. The number of anilines is 2. The zero-order valence-corrected chi connectivity index (χ0v) is 31.9. The van der Waals surface area contributed by atoms with Crippen LogP contribution in [-0.2, 0) is 18.0 Å². The molecule has 52 heavy (non-hydrogen) atoms. The molecule has 6 rings (SSSR count). The Kier molecular flexibility index (Phi) is 11.9. The van der Waals surface area contributed by atoms with Gasteiger partial charge in [-0.25, -0.2) is 9.97 Å². The van der Waals surface area contributed by atoms with Crippen molar-refractivity contribution in [1.29, 1.82) is 0 Å². The van der Waals surface area contributed by atoms with Crippen LogP contribution in [0.25, 0.3) is 22.3 Å². The van der Waals surface area contributed by atoms with E-state index in [-0.39, 0.29) is 11.4 Å². The standard InChI is InChI=1S/C21H26ClN3O3.C19H25N3O2/c1-12(2)8-21(4,23)11-28-17-6-5-15-16-7-18(25-13(3)26)24-9-14(16)10-27-20(15)19(17)22;1-12(2)8-19(3,21)11-24-14-4-5-15-16-7-18(20)22-9-13(16)10-23-17(15)6-14/h5-7,9,12H,8,10-11,23H2,1-4H3,(H,24,25,26);4-7,9,12H,8,10-11,21H2,1-3H3,(H2,20,22)/t21-;19-/m00/s1. The number of fused-ring (bicyclic) bond motifs is 6. The molecule has 4 heterocycles. The fourth-order valence-corrected chi connectivity index (χ4v) is 6.95. The van der Waals surface area contributed by atoms with Gasteiger partial charge in [-0.1, -0.05) is 39.3 Å². The Morgan fingerprint density at radius 1 is 0.846 bits per heavy atom. The van der Waals surface area contributed by atoms with E-state index in [0.717, 1.165) is 57.7 Å². The number of nitrogen functional groups attached to an aromatic ring is 1. The van der Waals surface area contributed by atoms with Crippen molar-refractivity contribution in [3.8, 4) is 45.3 Å². The fourth-order valence-electron chi connectivity index (χ4n) is 6.68. The maximum atomic E-state index is 11.3. The molecular formula is C40H51ClN6O5. The van der Waals surface area contributed by atoms with Crippen molar-refractivity contribution >= 4 is 29.1 Å². The lowest BCUT2D eigenvalue weighted by molar-refractivity contribution is -0.114. The Balaban J connectivity index is 0.000000203. The average Bonchev–Trinajstić information content (AvgIpc) is 3.05. The zero-order valence-electron chi connectivity index (χ0n) is 31.1.